The van der Waals surface area contributed by atoms with Gasteiger partial charge in [0, 0.05) is 13.1 Å². The number of likely N-dealkylation sites (N-methyl/N-ethyl adjacent to an activating group) is 1. The average molecular weight is 314 g/mol. The molecule has 0 radical (unpaired) electrons. The smallest absolute Gasteiger partial charge is 0.287 e. The van der Waals surface area contributed by atoms with Gasteiger partial charge in [0.05, 0.1) is 6.26 Å². The van der Waals surface area contributed by atoms with Gasteiger partial charge >= 0.3 is 0 Å². The fourth-order valence-corrected chi connectivity index (χ4v) is 2.34. The second kappa shape index (κ2) is 8.17. The van der Waals surface area contributed by atoms with Crippen LogP contribution >= 0.6 is 0 Å². The Labute approximate surface area is 136 Å². The van der Waals surface area contributed by atoms with E-state index in [2.05, 4.69) is 5.32 Å². The van der Waals surface area contributed by atoms with Crippen LogP contribution in [0.25, 0.3) is 0 Å². The number of carbonyl (C=O) groups excluding carboxylic acids is 2. The molecule has 23 heavy (non-hydrogen) atoms. The second-order valence-electron chi connectivity index (χ2n) is 5.33. The molecule has 0 aliphatic heterocycles. The molecule has 5 nitrogen and oxygen atoms in total. The molecule has 5 heteroatoms. The number of amides is 2. The number of nitrogens with zero attached hydrogens (tertiary/aromatic N) is 1. The molecule has 1 aromatic heterocycles. The van der Waals surface area contributed by atoms with E-state index in [1.165, 1.54) is 11.8 Å². The summed E-state index contributed by atoms with van der Waals surface area (Å²) in [5.41, 5.74) is 1.19. The van der Waals surface area contributed by atoms with E-state index >= 15 is 0 Å². The van der Waals surface area contributed by atoms with Crippen molar-refractivity contribution in [3.05, 3.63) is 60.1 Å². The minimum atomic E-state index is -0.594. The first kappa shape index (κ1) is 16.8. The molecule has 1 unspecified atom stereocenters. The van der Waals surface area contributed by atoms with E-state index in [-0.39, 0.29) is 17.6 Å². The first-order valence-corrected chi connectivity index (χ1v) is 7.79. The van der Waals surface area contributed by atoms with Crippen molar-refractivity contribution in [1.29, 1.82) is 0 Å². The summed E-state index contributed by atoms with van der Waals surface area (Å²) in [5.74, 6) is -0.268. The summed E-state index contributed by atoms with van der Waals surface area (Å²) in [4.78, 5) is 26.2. The summed E-state index contributed by atoms with van der Waals surface area (Å²) < 4.78 is 5.03. The van der Waals surface area contributed by atoms with Crippen LogP contribution in [0.4, 0.5) is 0 Å². The minimum absolute atomic E-state index is 0.0941. The van der Waals surface area contributed by atoms with Crippen LogP contribution in [0.1, 0.15) is 30.0 Å². The predicted molar refractivity (Wildman–Crippen MR) is 88.0 cm³/mol. The van der Waals surface area contributed by atoms with Crippen LogP contribution in [0.3, 0.4) is 0 Å². The van der Waals surface area contributed by atoms with Crippen LogP contribution in [-0.4, -0.2) is 35.8 Å². The third-order valence-corrected chi connectivity index (χ3v) is 3.67. The standard InChI is InChI=1S/C18H22N2O3/c1-3-20(12-11-15-8-5-4-6-9-15)18(22)14(2)19-17(21)16-10-7-13-23-16/h4-10,13-14H,3,11-12H2,1-2H3,(H,19,21). The van der Waals surface area contributed by atoms with Crippen LogP contribution in [0.5, 0.6) is 0 Å². The lowest BCUT2D eigenvalue weighted by atomic mass is 10.1. The van der Waals surface area contributed by atoms with Gasteiger partial charge in [-0.2, -0.15) is 0 Å². The van der Waals surface area contributed by atoms with E-state index in [0.717, 1.165) is 6.42 Å². The van der Waals surface area contributed by atoms with Crippen LogP contribution in [-0.2, 0) is 11.2 Å². The Morgan fingerprint density at radius 3 is 2.52 bits per heavy atom. The van der Waals surface area contributed by atoms with E-state index in [0.29, 0.717) is 13.1 Å². The van der Waals surface area contributed by atoms with Gasteiger partial charge in [-0.3, -0.25) is 9.59 Å². The molecule has 1 N–H and O–H groups in total. The summed E-state index contributed by atoms with van der Waals surface area (Å²) in [6.07, 6.45) is 2.22. The van der Waals surface area contributed by atoms with Crippen molar-refractivity contribution in [3.8, 4) is 0 Å². The van der Waals surface area contributed by atoms with Crippen molar-refractivity contribution in [2.75, 3.05) is 13.1 Å². The highest BCUT2D eigenvalue weighted by Gasteiger charge is 2.22. The topological polar surface area (TPSA) is 62.6 Å². The zero-order chi connectivity index (χ0) is 16.7. The van der Waals surface area contributed by atoms with Gasteiger partial charge in [-0.25, -0.2) is 0 Å². The summed E-state index contributed by atoms with van der Waals surface area (Å²) in [6.45, 7) is 4.85. The van der Waals surface area contributed by atoms with Gasteiger partial charge in [0.1, 0.15) is 6.04 Å². The Morgan fingerprint density at radius 2 is 1.91 bits per heavy atom. The molecule has 0 bridgehead atoms. The number of carbonyl (C=O) groups is 2. The monoisotopic (exact) mass is 314 g/mol. The third-order valence-electron chi connectivity index (χ3n) is 3.67. The maximum Gasteiger partial charge on any atom is 0.287 e. The minimum Gasteiger partial charge on any atom is -0.459 e. The molecule has 2 amide bonds. The fourth-order valence-electron chi connectivity index (χ4n) is 2.34. The molecule has 1 heterocycles. The zero-order valence-electron chi connectivity index (χ0n) is 13.5. The molecule has 0 spiro atoms. The Kier molecular flexibility index (Phi) is 5.97. The van der Waals surface area contributed by atoms with Gasteiger partial charge in [0.2, 0.25) is 5.91 Å². The van der Waals surface area contributed by atoms with Gasteiger partial charge in [-0.1, -0.05) is 30.3 Å². The van der Waals surface area contributed by atoms with Crippen molar-refractivity contribution in [3.63, 3.8) is 0 Å². The summed E-state index contributed by atoms with van der Waals surface area (Å²) in [6, 6.07) is 12.6. The van der Waals surface area contributed by atoms with E-state index in [9.17, 15) is 9.59 Å². The van der Waals surface area contributed by atoms with Crippen molar-refractivity contribution < 1.29 is 14.0 Å². The number of benzene rings is 1. The maximum atomic E-state index is 12.5. The third kappa shape index (κ3) is 4.71. The number of nitrogens with one attached hydrogen (secondary N) is 1. The molecule has 0 saturated heterocycles. The molecule has 1 atom stereocenters. The molecule has 0 fully saturated rings. The number of rotatable bonds is 7. The van der Waals surface area contributed by atoms with Crippen molar-refractivity contribution in [1.82, 2.24) is 10.2 Å². The average Bonchev–Trinajstić information content (AvgIpc) is 3.10. The van der Waals surface area contributed by atoms with Gasteiger partial charge in [0.25, 0.3) is 5.91 Å². The van der Waals surface area contributed by atoms with Gasteiger partial charge in [-0.05, 0) is 38.0 Å². The predicted octanol–water partition coefficient (Wildman–Crippen LogP) is 2.49. The SMILES string of the molecule is CCN(CCc1ccccc1)C(=O)C(C)NC(=O)c1ccco1. The van der Waals surface area contributed by atoms with Crippen LogP contribution in [0, 0.1) is 0 Å². The highest BCUT2D eigenvalue weighted by atomic mass is 16.3. The molecule has 122 valence electrons. The van der Waals surface area contributed by atoms with Crippen molar-refractivity contribution in [2.24, 2.45) is 0 Å². The first-order chi connectivity index (χ1) is 11.1. The Hall–Kier alpha value is -2.56. The molecule has 0 aliphatic rings. The molecule has 0 aliphatic carbocycles. The summed E-state index contributed by atoms with van der Waals surface area (Å²) >= 11 is 0. The first-order valence-electron chi connectivity index (χ1n) is 7.79. The van der Waals surface area contributed by atoms with E-state index in [4.69, 9.17) is 4.42 Å². The molecular formula is C18H22N2O3. The normalized spacial score (nSPS) is 11.7. The fraction of sp³-hybridized carbons (Fsp3) is 0.333. The lowest BCUT2D eigenvalue weighted by Crippen LogP contribution is -2.47. The lowest BCUT2D eigenvalue weighted by Gasteiger charge is -2.24. The Balaban J connectivity index is 1.89. The number of hydrogen-bond donors (Lipinski definition) is 1. The molecule has 2 rings (SSSR count). The van der Waals surface area contributed by atoms with Crippen molar-refractivity contribution >= 4 is 11.8 Å². The van der Waals surface area contributed by atoms with Gasteiger partial charge in [-0.15, -0.1) is 0 Å². The molecular weight excluding hydrogens is 292 g/mol. The van der Waals surface area contributed by atoms with E-state index in [1.54, 1.807) is 24.0 Å². The van der Waals surface area contributed by atoms with Crippen LogP contribution in [0.2, 0.25) is 0 Å². The second-order valence-corrected chi connectivity index (χ2v) is 5.33. The van der Waals surface area contributed by atoms with Crippen LogP contribution < -0.4 is 5.32 Å². The Bertz CT molecular complexity index is 623. The van der Waals surface area contributed by atoms with Gasteiger partial charge < -0.3 is 14.6 Å². The summed E-state index contributed by atoms with van der Waals surface area (Å²) in [5, 5.41) is 2.67. The zero-order valence-corrected chi connectivity index (χ0v) is 13.5. The molecule has 2 aromatic rings. The van der Waals surface area contributed by atoms with Crippen LogP contribution in [0.15, 0.2) is 53.1 Å². The highest BCUT2D eigenvalue weighted by Crippen LogP contribution is 2.05. The number of furan rings is 1. The summed E-state index contributed by atoms with van der Waals surface area (Å²) in [7, 11) is 0. The Morgan fingerprint density at radius 1 is 1.17 bits per heavy atom. The van der Waals surface area contributed by atoms with Crippen molar-refractivity contribution in [2.45, 2.75) is 26.3 Å². The largest absolute Gasteiger partial charge is 0.459 e. The lowest BCUT2D eigenvalue weighted by molar-refractivity contribution is -0.132. The van der Waals surface area contributed by atoms with E-state index in [1.807, 2.05) is 37.3 Å². The van der Waals surface area contributed by atoms with E-state index < -0.39 is 6.04 Å². The van der Waals surface area contributed by atoms with Gasteiger partial charge in [0.15, 0.2) is 5.76 Å². The quantitative estimate of drug-likeness (QED) is 0.854. The molecule has 0 saturated carbocycles. The number of hydrogen-bond acceptors (Lipinski definition) is 3. The molecule has 1 aromatic carbocycles. The maximum absolute atomic E-state index is 12.5. The highest BCUT2D eigenvalue weighted by molar-refractivity contribution is 5.95.